The lowest BCUT2D eigenvalue weighted by Gasteiger charge is -2.19. The molecule has 0 saturated heterocycles. The summed E-state index contributed by atoms with van der Waals surface area (Å²) < 4.78 is 2.25. The lowest BCUT2D eigenvalue weighted by molar-refractivity contribution is 0.589. The summed E-state index contributed by atoms with van der Waals surface area (Å²) in [6.45, 7) is 4.32. The van der Waals surface area contributed by atoms with Crippen molar-refractivity contribution < 1.29 is 0 Å². The number of likely N-dealkylation sites (N-methyl/N-ethyl adjacent to an activating group) is 1. The van der Waals surface area contributed by atoms with E-state index in [1.807, 2.05) is 7.05 Å². The molecule has 2 rings (SSSR count). The van der Waals surface area contributed by atoms with E-state index in [0.29, 0.717) is 6.04 Å². The van der Waals surface area contributed by atoms with E-state index in [2.05, 4.69) is 87.4 Å². The monoisotopic (exact) mass is 395 g/mol. The predicted octanol–water partition coefficient (Wildman–Crippen LogP) is 5.33. The molecule has 0 bridgehead atoms. The third kappa shape index (κ3) is 3.72. The van der Waals surface area contributed by atoms with Crippen molar-refractivity contribution in [3.05, 3.63) is 67.6 Å². The number of aryl methyl sites for hydroxylation is 2. The van der Waals surface area contributed by atoms with E-state index in [9.17, 15) is 0 Å². The first-order valence-corrected chi connectivity index (χ1v) is 8.28. The quantitative estimate of drug-likeness (QED) is 0.736. The van der Waals surface area contributed by atoms with Gasteiger partial charge in [-0.3, -0.25) is 0 Å². The van der Waals surface area contributed by atoms with E-state index in [4.69, 9.17) is 0 Å². The zero-order chi connectivity index (χ0) is 14.7. The maximum atomic E-state index is 3.65. The fourth-order valence-electron chi connectivity index (χ4n) is 2.32. The highest BCUT2D eigenvalue weighted by molar-refractivity contribution is 9.11. The molecule has 0 heterocycles. The molecule has 2 aromatic carbocycles. The normalized spacial score (nSPS) is 12.4. The van der Waals surface area contributed by atoms with Crippen LogP contribution in [0.4, 0.5) is 0 Å². The van der Waals surface area contributed by atoms with Crippen molar-refractivity contribution >= 4 is 31.9 Å². The Morgan fingerprint density at radius 1 is 1.00 bits per heavy atom. The first-order chi connectivity index (χ1) is 9.51. The fourth-order valence-corrected chi connectivity index (χ4v) is 3.22. The zero-order valence-electron chi connectivity index (χ0n) is 12.0. The molecule has 1 nitrogen and oxygen atoms in total. The molecular formula is C17H19Br2N. The van der Waals surface area contributed by atoms with Crippen LogP contribution in [0.2, 0.25) is 0 Å². The molecule has 0 fully saturated rings. The lowest BCUT2D eigenvalue weighted by atomic mass is 9.96. The van der Waals surface area contributed by atoms with Crippen molar-refractivity contribution in [3.63, 3.8) is 0 Å². The number of rotatable bonds is 4. The van der Waals surface area contributed by atoms with Crippen LogP contribution in [0.25, 0.3) is 0 Å². The summed E-state index contributed by atoms with van der Waals surface area (Å²) in [5, 5.41) is 3.42. The van der Waals surface area contributed by atoms with Crippen LogP contribution in [0, 0.1) is 13.8 Å². The third-order valence-corrected chi connectivity index (χ3v) is 4.91. The topological polar surface area (TPSA) is 12.0 Å². The van der Waals surface area contributed by atoms with Gasteiger partial charge in [-0.25, -0.2) is 0 Å². The largest absolute Gasteiger partial charge is 0.313 e. The number of hydrogen-bond acceptors (Lipinski definition) is 1. The van der Waals surface area contributed by atoms with Gasteiger partial charge in [0.25, 0.3) is 0 Å². The summed E-state index contributed by atoms with van der Waals surface area (Å²) in [4.78, 5) is 0. The summed E-state index contributed by atoms with van der Waals surface area (Å²) in [5.74, 6) is 0. The Labute approximate surface area is 138 Å². The van der Waals surface area contributed by atoms with Gasteiger partial charge in [0.1, 0.15) is 0 Å². The summed E-state index contributed by atoms with van der Waals surface area (Å²) in [6.07, 6.45) is 0.979. The van der Waals surface area contributed by atoms with Crippen LogP contribution in [-0.4, -0.2) is 7.05 Å². The third-order valence-electron chi connectivity index (χ3n) is 3.69. The van der Waals surface area contributed by atoms with Gasteiger partial charge in [0.2, 0.25) is 0 Å². The Hall–Kier alpha value is -0.640. The smallest absolute Gasteiger partial charge is 0.0370 e. The number of halogens is 2. The van der Waals surface area contributed by atoms with Gasteiger partial charge >= 0.3 is 0 Å². The maximum Gasteiger partial charge on any atom is 0.0370 e. The Balaban J connectivity index is 2.28. The molecule has 0 aliphatic carbocycles. The lowest BCUT2D eigenvalue weighted by Crippen LogP contribution is -2.19. The molecular weight excluding hydrogens is 378 g/mol. The van der Waals surface area contributed by atoms with Gasteiger partial charge in [-0.15, -0.1) is 0 Å². The second-order valence-corrected chi connectivity index (χ2v) is 6.90. The number of hydrogen-bond donors (Lipinski definition) is 1. The number of nitrogens with one attached hydrogen (secondary N) is 1. The van der Waals surface area contributed by atoms with Crippen molar-refractivity contribution in [3.8, 4) is 0 Å². The molecule has 106 valence electrons. The first-order valence-electron chi connectivity index (χ1n) is 6.69. The molecule has 0 aliphatic rings. The van der Waals surface area contributed by atoms with E-state index in [-0.39, 0.29) is 0 Å². The average molecular weight is 397 g/mol. The summed E-state index contributed by atoms with van der Waals surface area (Å²) in [6, 6.07) is 13.3. The molecule has 1 unspecified atom stereocenters. The van der Waals surface area contributed by atoms with Crippen molar-refractivity contribution in [2.75, 3.05) is 7.05 Å². The molecule has 0 radical (unpaired) electrons. The molecule has 3 heteroatoms. The van der Waals surface area contributed by atoms with Crippen LogP contribution in [0.3, 0.4) is 0 Å². The van der Waals surface area contributed by atoms with Gasteiger partial charge in [0.15, 0.2) is 0 Å². The minimum absolute atomic E-state index is 0.295. The summed E-state index contributed by atoms with van der Waals surface area (Å²) >= 11 is 7.20. The standard InChI is InChI=1S/C17H19Br2N/c1-11-4-5-13(8-12(11)2)9-17(20-3)15-10-14(18)6-7-16(15)19/h4-8,10,17,20H,9H2,1-3H3. The van der Waals surface area contributed by atoms with E-state index in [1.54, 1.807) is 0 Å². The van der Waals surface area contributed by atoms with E-state index >= 15 is 0 Å². The molecule has 0 spiro atoms. The van der Waals surface area contributed by atoms with Crippen LogP contribution >= 0.6 is 31.9 Å². The van der Waals surface area contributed by atoms with Crippen LogP contribution < -0.4 is 5.32 Å². The second-order valence-electron chi connectivity index (χ2n) is 5.13. The summed E-state index contributed by atoms with van der Waals surface area (Å²) in [5.41, 5.74) is 5.34. The Morgan fingerprint density at radius 2 is 1.75 bits per heavy atom. The van der Waals surface area contributed by atoms with Gasteiger partial charge in [0, 0.05) is 15.0 Å². The highest BCUT2D eigenvalue weighted by atomic mass is 79.9. The van der Waals surface area contributed by atoms with Crippen LogP contribution in [0.1, 0.15) is 28.3 Å². The molecule has 0 aromatic heterocycles. The second kappa shape index (κ2) is 6.88. The molecule has 1 N–H and O–H groups in total. The van der Waals surface area contributed by atoms with Crippen LogP contribution in [0.5, 0.6) is 0 Å². The zero-order valence-corrected chi connectivity index (χ0v) is 15.2. The van der Waals surface area contributed by atoms with Crippen LogP contribution in [-0.2, 0) is 6.42 Å². The molecule has 0 aliphatic heterocycles. The Morgan fingerprint density at radius 3 is 2.40 bits per heavy atom. The van der Waals surface area contributed by atoms with E-state index in [0.717, 1.165) is 15.4 Å². The Kier molecular flexibility index (Phi) is 5.42. The highest BCUT2D eigenvalue weighted by Crippen LogP contribution is 2.29. The Bertz CT molecular complexity index is 608. The minimum Gasteiger partial charge on any atom is -0.313 e. The van der Waals surface area contributed by atoms with Gasteiger partial charge in [-0.05, 0) is 67.8 Å². The molecule has 0 amide bonds. The predicted molar refractivity (Wildman–Crippen MR) is 93.3 cm³/mol. The van der Waals surface area contributed by atoms with E-state index < -0.39 is 0 Å². The average Bonchev–Trinajstić information content (AvgIpc) is 2.43. The summed E-state index contributed by atoms with van der Waals surface area (Å²) in [7, 11) is 2.01. The van der Waals surface area contributed by atoms with Crippen molar-refractivity contribution in [2.24, 2.45) is 0 Å². The molecule has 2 aromatic rings. The van der Waals surface area contributed by atoms with Gasteiger partial charge in [-0.1, -0.05) is 50.1 Å². The van der Waals surface area contributed by atoms with Crippen molar-refractivity contribution in [1.29, 1.82) is 0 Å². The first kappa shape index (κ1) is 15.7. The van der Waals surface area contributed by atoms with Gasteiger partial charge in [0.05, 0.1) is 0 Å². The van der Waals surface area contributed by atoms with Crippen LogP contribution in [0.15, 0.2) is 45.3 Å². The molecule has 1 atom stereocenters. The number of benzene rings is 2. The van der Waals surface area contributed by atoms with Gasteiger partial charge in [-0.2, -0.15) is 0 Å². The minimum atomic E-state index is 0.295. The highest BCUT2D eigenvalue weighted by Gasteiger charge is 2.14. The van der Waals surface area contributed by atoms with Crippen molar-refractivity contribution in [2.45, 2.75) is 26.3 Å². The molecule has 0 saturated carbocycles. The maximum absolute atomic E-state index is 3.65. The SMILES string of the molecule is CNC(Cc1ccc(C)c(C)c1)c1cc(Br)ccc1Br. The van der Waals surface area contributed by atoms with Crippen molar-refractivity contribution in [1.82, 2.24) is 5.32 Å². The van der Waals surface area contributed by atoms with Gasteiger partial charge < -0.3 is 5.32 Å². The fraction of sp³-hybridized carbons (Fsp3) is 0.294. The molecule has 20 heavy (non-hydrogen) atoms. The van der Waals surface area contributed by atoms with E-state index in [1.165, 1.54) is 22.3 Å².